The minimum atomic E-state index is 0.659. The minimum Gasteiger partial charge on any atom is -0.455 e. The molecule has 1 N–H and O–H groups in total. The molecule has 0 saturated heterocycles. The molecule has 0 unspecified atom stereocenters. The molecular formula is C16H14N2OS. The predicted octanol–water partition coefficient (Wildman–Crippen LogP) is 4.64. The Labute approximate surface area is 122 Å². The highest BCUT2D eigenvalue weighted by Gasteiger charge is 2.09. The lowest BCUT2D eigenvalue weighted by molar-refractivity contribution is 0.479. The third-order valence-electron chi connectivity index (χ3n) is 3.04. The van der Waals surface area contributed by atoms with Gasteiger partial charge in [0.1, 0.15) is 5.75 Å². The summed E-state index contributed by atoms with van der Waals surface area (Å²) in [6, 6.07) is 17.6. The van der Waals surface area contributed by atoms with Gasteiger partial charge in [0.05, 0.1) is 5.69 Å². The molecule has 3 nitrogen and oxygen atoms in total. The number of para-hydroxylation sites is 3. The Morgan fingerprint density at radius 2 is 1.70 bits per heavy atom. The van der Waals surface area contributed by atoms with E-state index in [4.69, 9.17) is 17.0 Å². The number of aromatic nitrogens is 2. The van der Waals surface area contributed by atoms with Gasteiger partial charge in [-0.1, -0.05) is 30.3 Å². The number of imidazole rings is 1. The third kappa shape index (κ3) is 2.38. The summed E-state index contributed by atoms with van der Waals surface area (Å²) in [6.07, 6.45) is 1.89. The highest BCUT2D eigenvalue weighted by molar-refractivity contribution is 7.71. The van der Waals surface area contributed by atoms with Gasteiger partial charge in [-0.25, -0.2) is 0 Å². The molecule has 0 amide bonds. The van der Waals surface area contributed by atoms with Crippen LogP contribution in [0, 0.1) is 11.7 Å². The van der Waals surface area contributed by atoms with Gasteiger partial charge in [0, 0.05) is 11.9 Å². The quantitative estimate of drug-likeness (QED) is 0.709. The maximum atomic E-state index is 5.96. The van der Waals surface area contributed by atoms with Gasteiger partial charge in [0.2, 0.25) is 0 Å². The lowest BCUT2D eigenvalue weighted by Crippen LogP contribution is -1.99. The molecule has 0 aliphatic rings. The molecule has 0 fully saturated rings. The Hall–Kier alpha value is -2.33. The van der Waals surface area contributed by atoms with Crippen molar-refractivity contribution in [2.24, 2.45) is 0 Å². The van der Waals surface area contributed by atoms with Crippen LogP contribution in [0.4, 0.5) is 0 Å². The van der Waals surface area contributed by atoms with Crippen molar-refractivity contribution >= 4 is 12.2 Å². The Balaban J connectivity index is 2.08. The number of ether oxygens (including phenoxy) is 1. The van der Waals surface area contributed by atoms with Crippen molar-refractivity contribution in [3.05, 3.63) is 71.3 Å². The van der Waals surface area contributed by atoms with Gasteiger partial charge in [-0.3, -0.25) is 4.57 Å². The lowest BCUT2D eigenvalue weighted by atomic mass is 10.2. The van der Waals surface area contributed by atoms with Crippen molar-refractivity contribution in [1.82, 2.24) is 9.55 Å². The maximum absolute atomic E-state index is 5.96. The molecule has 0 saturated carbocycles. The Morgan fingerprint density at radius 3 is 2.40 bits per heavy atom. The number of hydrogen-bond donors (Lipinski definition) is 1. The molecule has 0 radical (unpaired) electrons. The smallest absolute Gasteiger partial charge is 0.182 e. The standard InChI is InChI=1S/C16H14N2OS/c1-12-11-17-16(20)18(12)14-9-5-6-10-15(14)19-13-7-3-2-4-8-13/h2-11H,1H3,(H,17,20). The minimum absolute atomic E-state index is 0.659. The second-order valence-electron chi connectivity index (χ2n) is 4.45. The summed E-state index contributed by atoms with van der Waals surface area (Å²) >= 11 is 5.33. The molecule has 3 aromatic rings. The normalized spacial score (nSPS) is 10.4. The van der Waals surface area contributed by atoms with Crippen molar-refractivity contribution in [2.75, 3.05) is 0 Å². The van der Waals surface area contributed by atoms with E-state index in [0.29, 0.717) is 4.77 Å². The average Bonchev–Trinajstić information content (AvgIpc) is 2.80. The summed E-state index contributed by atoms with van der Waals surface area (Å²) < 4.78 is 8.59. The topological polar surface area (TPSA) is 29.9 Å². The van der Waals surface area contributed by atoms with E-state index in [1.165, 1.54) is 0 Å². The number of rotatable bonds is 3. The van der Waals surface area contributed by atoms with Crippen molar-refractivity contribution in [3.63, 3.8) is 0 Å². The molecule has 20 heavy (non-hydrogen) atoms. The zero-order valence-corrected chi connectivity index (χ0v) is 11.9. The van der Waals surface area contributed by atoms with E-state index in [1.54, 1.807) is 0 Å². The second-order valence-corrected chi connectivity index (χ2v) is 4.84. The van der Waals surface area contributed by atoms with Crippen LogP contribution >= 0.6 is 12.2 Å². The van der Waals surface area contributed by atoms with Gasteiger partial charge in [-0.15, -0.1) is 0 Å². The van der Waals surface area contributed by atoms with E-state index in [0.717, 1.165) is 22.9 Å². The number of H-pyrrole nitrogens is 1. The van der Waals surface area contributed by atoms with E-state index in [9.17, 15) is 0 Å². The number of benzene rings is 2. The van der Waals surface area contributed by atoms with Crippen molar-refractivity contribution in [3.8, 4) is 17.2 Å². The fourth-order valence-corrected chi connectivity index (χ4v) is 2.40. The highest BCUT2D eigenvalue weighted by Crippen LogP contribution is 2.28. The van der Waals surface area contributed by atoms with Gasteiger partial charge in [-0.2, -0.15) is 0 Å². The first-order valence-electron chi connectivity index (χ1n) is 6.35. The van der Waals surface area contributed by atoms with Crippen LogP contribution in [0.5, 0.6) is 11.5 Å². The summed E-state index contributed by atoms with van der Waals surface area (Å²) in [5.74, 6) is 1.58. The van der Waals surface area contributed by atoms with E-state index >= 15 is 0 Å². The molecule has 0 atom stereocenters. The van der Waals surface area contributed by atoms with Crippen LogP contribution < -0.4 is 4.74 Å². The zero-order chi connectivity index (χ0) is 13.9. The van der Waals surface area contributed by atoms with E-state index < -0.39 is 0 Å². The molecule has 100 valence electrons. The molecule has 2 aromatic carbocycles. The number of nitrogens with one attached hydrogen (secondary N) is 1. The summed E-state index contributed by atoms with van der Waals surface area (Å²) in [6.45, 7) is 2.01. The van der Waals surface area contributed by atoms with Crippen LogP contribution in [0.3, 0.4) is 0 Å². The fraction of sp³-hybridized carbons (Fsp3) is 0.0625. The van der Waals surface area contributed by atoms with Crippen molar-refractivity contribution in [2.45, 2.75) is 6.92 Å². The molecule has 3 rings (SSSR count). The molecule has 4 heteroatoms. The zero-order valence-electron chi connectivity index (χ0n) is 11.0. The lowest BCUT2D eigenvalue weighted by Gasteiger charge is -2.12. The van der Waals surface area contributed by atoms with Crippen LogP contribution in [0.15, 0.2) is 60.8 Å². The van der Waals surface area contributed by atoms with Crippen molar-refractivity contribution < 1.29 is 4.74 Å². The van der Waals surface area contributed by atoms with Gasteiger partial charge >= 0.3 is 0 Å². The van der Waals surface area contributed by atoms with Crippen LogP contribution in [0.1, 0.15) is 5.69 Å². The fourth-order valence-electron chi connectivity index (χ4n) is 2.10. The first-order chi connectivity index (χ1) is 9.75. The van der Waals surface area contributed by atoms with Crippen LogP contribution in [0.2, 0.25) is 0 Å². The van der Waals surface area contributed by atoms with E-state index in [2.05, 4.69) is 4.98 Å². The molecule has 1 heterocycles. The van der Waals surface area contributed by atoms with Gasteiger partial charge in [-0.05, 0) is 43.4 Å². The largest absolute Gasteiger partial charge is 0.455 e. The van der Waals surface area contributed by atoms with Crippen molar-refractivity contribution in [1.29, 1.82) is 0 Å². The SMILES string of the molecule is Cc1c[nH]c(=S)n1-c1ccccc1Oc1ccccc1. The maximum Gasteiger partial charge on any atom is 0.182 e. The number of nitrogens with zero attached hydrogens (tertiary/aromatic N) is 1. The Bertz CT molecular complexity index is 774. The number of aromatic amines is 1. The molecule has 1 aromatic heterocycles. The average molecular weight is 282 g/mol. The molecular weight excluding hydrogens is 268 g/mol. The second kappa shape index (κ2) is 5.35. The Morgan fingerprint density at radius 1 is 1.00 bits per heavy atom. The van der Waals surface area contributed by atoms with Crippen LogP contribution in [-0.4, -0.2) is 9.55 Å². The predicted molar refractivity (Wildman–Crippen MR) is 82.2 cm³/mol. The van der Waals surface area contributed by atoms with Gasteiger partial charge < -0.3 is 9.72 Å². The molecule has 0 aliphatic carbocycles. The molecule has 0 spiro atoms. The van der Waals surface area contributed by atoms with Gasteiger partial charge in [0.25, 0.3) is 0 Å². The summed E-state index contributed by atoms with van der Waals surface area (Å²) in [4.78, 5) is 3.05. The number of hydrogen-bond acceptors (Lipinski definition) is 2. The van der Waals surface area contributed by atoms with Crippen LogP contribution in [-0.2, 0) is 0 Å². The van der Waals surface area contributed by atoms with E-state index in [1.807, 2.05) is 72.3 Å². The first-order valence-corrected chi connectivity index (χ1v) is 6.76. The van der Waals surface area contributed by atoms with E-state index in [-0.39, 0.29) is 0 Å². The van der Waals surface area contributed by atoms with Gasteiger partial charge in [0.15, 0.2) is 10.5 Å². The molecule has 0 bridgehead atoms. The summed E-state index contributed by atoms with van der Waals surface area (Å²) in [5, 5.41) is 0. The number of aryl methyl sites for hydroxylation is 1. The monoisotopic (exact) mass is 282 g/mol. The summed E-state index contributed by atoms with van der Waals surface area (Å²) in [7, 11) is 0. The first kappa shape index (κ1) is 12.7. The highest BCUT2D eigenvalue weighted by atomic mass is 32.1. The molecule has 0 aliphatic heterocycles. The van der Waals surface area contributed by atoms with Crippen LogP contribution in [0.25, 0.3) is 5.69 Å². The Kier molecular flexibility index (Phi) is 3.39. The summed E-state index contributed by atoms with van der Waals surface area (Å²) in [5.41, 5.74) is 1.97. The third-order valence-corrected chi connectivity index (χ3v) is 3.34.